The van der Waals surface area contributed by atoms with E-state index in [-0.39, 0.29) is 30.3 Å². The highest BCUT2D eigenvalue weighted by atomic mass is 19.2. The molecular formula is C14H11F3N2O3. The van der Waals surface area contributed by atoms with Crippen LogP contribution in [-0.4, -0.2) is 18.1 Å². The van der Waals surface area contributed by atoms with Crippen molar-refractivity contribution < 1.29 is 22.8 Å². The van der Waals surface area contributed by atoms with Gasteiger partial charge in [-0.25, -0.2) is 13.2 Å². The number of halogens is 3. The predicted molar refractivity (Wildman–Crippen MR) is 73.4 cm³/mol. The topological polar surface area (TPSA) is 64.4 Å². The van der Waals surface area contributed by atoms with Crippen molar-refractivity contribution in [2.75, 3.05) is 18.5 Å². The fourth-order valence-corrected chi connectivity index (χ4v) is 1.68. The lowest BCUT2D eigenvalue weighted by Gasteiger charge is -2.09. The van der Waals surface area contributed by atoms with Crippen LogP contribution in [0.2, 0.25) is 0 Å². The molecule has 0 fully saturated rings. The Morgan fingerprint density at radius 1 is 1.05 bits per heavy atom. The van der Waals surface area contributed by atoms with E-state index in [1.807, 2.05) is 0 Å². The molecule has 1 N–H and O–H groups in total. The summed E-state index contributed by atoms with van der Waals surface area (Å²) in [6, 6.07) is 6.33. The molecule has 2 rings (SSSR count). The van der Waals surface area contributed by atoms with Crippen LogP contribution in [0.1, 0.15) is 0 Å². The van der Waals surface area contributed by atoms with Crippen molar-refractivity contribution in [3.05, 3.63) is 64.0 Å². The maximum atomic E-state index is 13.6. The number of hydrogen-bond acceptors (Lipinski definition) is 4. The highest BCUT2D eigenvalue weighted by molar-refractivity contribution is 5.50. The van der Waals surface area contributed by atoms with Crippen LogP contribution in [0, 0.1) is 27.6 Å². The average molecular weight is 312 g/mol. The van der Waals surface area contributed by atoms with Crippen LogP contribution in [0.25, 0.3) is 0 Å². The highest BCUT2D eigenvalue weighted by Gasteiger charge is 2.10. The maximum absolute atomic E-state index is 13.6. The summed E-state index contributed by atoms with van der Waals surface area (Å²) in [5.41, 5.74) is -0.263. The van der Waals surface area contributed by atoms with Crippen LogP contribution in [0.5, 0.6) is 5.75 Å². The average Bonchev–Trinajstić information content (AvgIpc) is 2.48. The Labute approximate surface area is 123 Å². The van der Waals surface area contributed by atoms with E-state index >= 15 is 0 Å². The summed E-state index contributed by atoms with van der Waals surface area (Å²) in [5, 5.41) is 13.2. The second kappa shape index (κ2) is 6.79. The van der Waals surface area contributed by atoms with Gasteiger partial charge in [0.1, 0.15) is 12.4 Å². The Kier molecular flexibility index (Phi) is 4.82. The Morgan fingerprint density at radius 3 is 2.45 bits per heavy atom. The van der Waals surface area contributed by atoms with E-state index in [9.17, 15) is 23.3 Å². The summed E-state index contributed by atoms with van der Waals surface area (Å²) >= 11 is 0. The molecule has 116 valence electrons. The summed E-state index contributed by atoms with van der Waals surface area (Å²) in [4.78, 5) is 9.78. The summed E-state index contributed by atoms with van der Waals surface area (Å²) in [6.07, 6.45) is 0. The minimum Gasteiger partial charge on any atom is -0.492 e. The van der Waals surface area contributed by atoms with Gasteiger partial charge in [-0.2, -0.15) is 0 Å². The normalized spacial score (nSPS) is 10.3. The number of benzene rings is 2. The molecule has 0 aliphatic heterocycles. The maximum Gasteiger partial charge on any atom is 0.272 e. The molecule has 5 nitrogen and oxygen atoms in total. The van der Waals surface area contributed by atoms with Gasteiger partial charge in [-0.15, -0.1) is 0 Å². The first-order valence-corrected chi connectivity index (χ1v) is 6.23. The van der Waals surface area contributed by atoms with Gasteiger partial charge in [0.05, 0.1) is 16.7 Å². The molecule has 0 aliphatic carbocycles. The van der Waals surface area contributed by atoms with E-state index in [0.29, 0.717) is 0 Å². The molecule has 22 heavy (non-hydrogen) atoms. The molecule has 0 heterocycles. The first-order chi connectivity index (χ1) is 10.5. The molecule has 0 atom stereocenters. The Hall–Kier alpha value is -2.77. The summed E-state index contributed by atoms with van der Waals surface area (Å²) in [5.74, 6) is -2.61. The molecule has 0 bridgehead atoms. The second-order valence-corrected chi connectivity index (χ2v) is 4.27. The van der Waals surface area contributed by atoms with Crippen LogP contribution in [-0.2, 0) is 0 Å². The molecule has 0 aliphatic rings. The third-order valence-corrected chi connectivity index (χ3v) is 2.74. The third-order valence-electron chi connectivity index (χ3n) is 2.74. The zero-order chi connectivity index (χ0) is 16.1. The van der Waals surface area contributed by atoms with Gasteiger partial charge < -0.3 is 10.1 Å². The molecular weight excluding hydrogens is 301 g/mol. The monoisotopic (exact) mass is 312 g/mol. The van der Waals surface area contributed by atoms with Gasteiger partial charge in [0, 0.05) is 18.7 Å². The van der Waals surface area contributed by atoms with E-state index in [1.165, 1.54) is 18.2 Å². The molecule has 2 aromatic rings. The number of non-ortho nitro benzene ring substituents is 1. The number of rotatable bonds is 6. The fraction of sp³-hybridized carbons (Fsp3) is 0.143. The van der Waals surface area contributed by atoms with Gasteiger partial charge in [0.25, 0.3) is 5.69 Å². The fourth-order valence-electron chi connectivity index (χ4n) is 1.68. The Morgan fingerprint density at radius 2 is 1.82 bits per heavy atom. The van der Waals surface area contributed by atoms with Crippen LogP contribution in [0.3, 0.4) is 0 Å². The number of hydrogen-bond donors (Lipinski definition) is 1. The second-order valence-electron chi connectivity index (χ2n) is 4.27. The highest BCUT2D eigenvalue weighted by Crippen LogP contribution is 2.20. The molecule has 2 aromatic carbocycles. The van der Waals surface area contributed by atoms with E-state index in [1.54, 1.807) is 0 Å². The third kappa shape index (κ3) is 3.87. The number of nitrogens with zero attached hydrogens (tertiary/aromatic N) is 1. The van der Waals surface area contributed by atoms with Crippen molar-refractivity contribution in [1.82, 2.24) is 0 Å². The van der Waals surface area contributed by atoms with Gasteiger partial charge in [-0.1, -0.05) is 0 Å². The molecule has 0 radical (unpaired) electrons. The molecule has 0 spiro atoms. The van der Waals surface area contributed by atoms with Gasteiger partial charge in [0.2, 0.25) is 0 Å². The standard InChI is InChI=1S/C14H11F3N2O3/c15-11-3-2-10(8-12(11)16)22-6-5-18-14-4-1-9(19(20)21)7-13(14)17/h1-4,7-8,18H,5-6H2. The van der Waals surface area contributed by atoms with Crippen LogP contribution in [0.15, 0.2) is 36.4 Å². The molecule has 0 saturated heterocycles. The Bertz CT molecular complexity index is 695. The summed E-state index contributed by atoms with van der Waals surface area (Å²) < 4.78 is 44.4. The molecule has 0 saturated carbocycles. The minimum atomic E-state index is -1.02. The SMILES string of the molecule is O=[N+]([O-])c1ccc(NCCOc2ccc(F)c(F)c2)c(F)c1. The van der Waals surface area contributed by atoms with Crippen molar-refractivity contribution >= 4 is 11.4 Å². The zero-order valence-electron chi connectivity index (χ0n) is 11.2. The molecule has 0 amide bonds. The van der Waals surface area contributed by atoms with Crippen molar-refractivity contribution in [2.45, 2.75) is 0 Å². The number of anilines is 1. The molecule has 0 unspecified atom stereocenters. The van der Waals surface area contributed by atoms with Gasteiger partial charge in [-0.3, -0.25) is 10.1 Å². The largest absolute Gasteiger partial charge is 0.492 e. The zero-order valence-corrected chi connectivity index (χ0v) is 11.2. The first kappa shape index (κ1) is 15.6. The van der Waals surface area contributed by atoms with Gasteiger partial charge in [0.15, 0.2) is 17.5 Å². The molecule has 0 aromatic heterocycles. The van der Waals surface area contributed by atoms with Crippen LogP contribution in [0.4, 0.5) is 24.5 Å². The van der Waals surface area contributed by atoms with Crippen molar-refractivity contribution in [1.29, 1.82) is 0 Å². The van der Waals surface area contributed by atoms with Crippen LogP contribution < -0.4 is 10.1 Å². The number of ether oxygens (including phenoxy) is 1. The van der Waals surface area contributed by atoms with E-state index in [0.717, 1.165) is 18.2 Å². The predicted octanol–water partition coefficient (Wildman–Crippen LogP) is 3.50. The number of nitro groups is 1. The lowest BCUT2D eigenvalue weighted by atomic mass is 10.2. The van der Waals surface area contributed by atoms with Gasteiger partial charge in [-0.05, 0) is 18.2 Å². The summed E-state index contributed by atoms with van der Waals surface area (Å²) in [6.45, 7) is 0.245. The van der Waals surface area contributed by atoms with Crippen molar-refractivity contribution in [2.24, 2.45) is 0 Å². The smallest absolute Gasteiger partial charge is 0.272 e. The van der Waals surface area contributed by atoms with E-state index < -0.39 is 22.4 Å². The summed E-state index contributed by atoms with van der Waals surface area (Å²) in [7, 11) is 0. The van der Waals surface area contributed by atoms with Crippen LogP contribution >= 0.6 is 0 Å². The minimum absolute atomic E-state index is 0.0709. The number of nitro benzene ring substituents is 1. The lowest BCUT2D eigenvalue weighted by Crippen LogP contribution is -2.12. The van der Waals surface area contributed by atoms with E-state index in [4.69, 9.17) is 4.74 Å². The van der Waals surface area contributed by atoms with Gasteiger partial charge >= 0.3 is 0 Å². The Balaban J connectivity index is 1.86. The van der Waals surface area contributed by atoms with Crippen molar-refractivity contribution in [3.8, 4) is 5.75 Å². The molecule has 8 heteroatoms. The first-order valence-electron chi connectivity index (χ1n) is 6.23. The number of nitrogens with one attached hydrogen (secondary N) is 1. The quantitative estimate of drug-likeness (QED) is 0.504. The van der Waals surface area contributed by atoms with E-state index in [2.05, 4.69) is 5.32 Å². The van der Waals surface area contributed by atoms with Crippen molar-refractivity contribution in [3.63, 3.8) is 0 Å². The lowest BCUT2D eigenvalue weighted by molar-refractivity contribution is -0.385.